The first kappa shape index (κ1) is 18.1. The largest absolute Gasteiger partial charge is 0.459 e. The first-order chi connectivity index (χ1) is 10.5. The molecule has 0 aromatic heterocycles. The molecule has 1 atom stereocenters. The number of non-ortho nitro benzene ring substituents is 1. The molecule has 0 radical (unpaired) electrons. The Morgan fingerprint density at radius 1 is 1.09 bits per heavy atom. The van der Waals surface area contributed by atoms with Crippen LogP contribution in [-0.2, 0) is 4.74 Å². The number of esters is 1. The smallest absolute Gasteiger partial charge is 0.338 e. The van der Waals surface area contributed by atoms with Gasteiger partial charge in [-0.25, -0.2) is 4.79 Å². The zero-order chi connectivity index (χ0) is 16.5. The van der Waals surface area contributed by atoms with Gasteiger partial charge in [-0.1, -0.05) is 33.6 Å². The Hall–Kier alpha value is -1.91. The summed E-state index contributed by atoms with van der Waals surface area (Å²) in [7, 11) is 0. The van der Waals surface area contributed by atoms with E-state index in [4.69, 9.17) is 4.74 Å². The van der Waals surface area contributed by atoms with Crippen molar-refractivity contribution in [3.8, 4) is 0 Å². The van der Waals surface area contributed by atoms with Gasteiger partial charge in [0.25, 0.3) is 5.69 Å². The fraction of sp³-hybridized carbons (Fsp3) is 0.588. The van der Waals surface area contributed by atoms with Gasteiger partial charge in [-0.05, 0) is 37.3 Å². The zero-order valence-electron chi connectivity index (χ0n) is 13.6. The van der Waals surface area contributed by atoms with E-state index in [-0.39, 0.29) is 11.8 Å². The van der Waals surface area contributed by atoms with Crippen molar-refractivity contribution in [2.75, 3.05) is 0 Å². The molecule has 1 unspecified atom stereocenters. The fourth-order valence-corrected chi connectivity index (χ4v) is 2.40. The number of ether oxygens (including phenoxy) is 1. The molecular formula is C17H25NO4. The molecule has 1 aromatic rings. The van der Waals surface area contributed by atoms with Crippen molar-refractivity contribution in [2.45, 2.75) is 59.0 Å². The number of carbonyl (C=O) groups excluding carboxylic acids is 1. The van der Waals surface area contributed by atoms with Crippen molar-refractivity contribution in [1.82, 2.24) is 0 Å². The summed E-state index contributed by atoms with van der Waals surface area (Å²) in [5.41, 5.74) is 0.323. The molecule has 0 spiro atoms. The maximum Gasteiger partial charge on any atom is 0.338 e. The molecule has 22 heavy (non-hydrogen) atoms. The van der Waals surface area contributed by atoms with Crippen LogP contribution >= 0.6 is 0 Å². The molecule has 1 rings (SSSR count). The van der Waals surface area contributed by atoms with Crippen molar-refractivity contribution in [2.24, 2.45) is 5.92 Å². The molecule has 5 nitrogen and oxygen atoms in total. The minimum absolute atomic E-state index is 0.0303. The molecule has 0 saturated carbocycles. The third kappa shape index (κ3) is 5.47. The van der Waals surface area contributed by atoms with Crippen molar-refractivity contribution >= 4 is 11.7 Å². The highest BCUT2D eigenvalue weighted by Gasteiger charge is 2.17. The van der Waals surface area contributed by atoms with Gasteiger partial charge in [0.2, 0.25) is 0 Å². The number of nitro groups is 1. The molecule has 0 N–H and O–H groups in total. The zero-order valence-corrected chi connectivity index (χ0v) is 13.6. The van der Waals surface area contributed by atoms with Gasteiger partial charge in [-0.3, -0.25) is 10.1 Å². The van der Waals surface area contributed by atoms with Crippen LogP contribution in [0.1, 0.15) is 63.2 Å². The number of rotatable bonds is 9. The second-order valence-electron chi connectivity index (χ2n) is 5.50. The Labute approximate surface area is 131 Å². The van der Waals surface area contributed by atoms with Gasteiger partial charge in [0.15, 0.2) is 0 Å². The summed E-state index contributed by atoms with van der Waals surface area (Å²) < 4.78 is 5.52. The Morgan fingerprint density at radius 3 is 2.14 bits per heavy atom. The number of hydrogen-bond donors (Lipinski definition) is 0. The van der Waals surface area contributed by atoms with Crippen molar-refractivity contribution < 1.29 is 14.5 Å². The van der Waals surface area contributed by atoms with E-state index < -0.39 is 10.9 Å². The van der Waals surface area contributed by atoms with Crippen LogP contribution in [0.4, 0.5) is 5.69 Å². The van der Waals surface area contributed by atoms with Crippen LogP contribution in [0.15, 0.2) is 24.3 Å². The highest BCUT2D eigenvalue weighted by Crippen LogP contribution is 2.20. The Kier molecular flexibility index (Phi) is 7.57. The fourth-order valence-electron chi connectivity index (χ4n) is 2.40. The van der Waals surface area contributed by atoms with E-state index >= 15 is 0 Å². The van der Waals surface area contributed by atoms with E-state index in [0.717, 1.165) is 32.1 Å². The molecule has 0 fully saturated rings. The average Bonchev–Trinajstić information content (AvgIpc) is 2.54. The van der Waals surface area contributed by atoms with Crippen LogP contribution in [0, 0.1) is 16.0 Å². The van der Waals surface area contributed by atoms with E-state index in [1.807, 2.05) is 6.92 Å². The summed E-state index contributed by atoms with van der Waals surface area (Å²) >= 11 is 0. The summed E-state index contributed by atoms with van der Waals surface area (Å²) in [6.45, 7) is 6.36. The maximum absolute atomic E-state index is 12.1. The SMILES string of the molecule is CCC(CC)CCC(CC)OC(=O)c1ccc([N+](=O)[O-])cc1. The summed E-state index contributed by atoms with van der Waals surface area (Å²) in [5.74, 6) is 0.262. The summed E-state index contributed by atoms with van der Waals surface area (Å²) in [6, 6.07) is 5.52. The molecule has 0 saturated heterocycles. The molecule has 0 aliphatic heterocycles. The van der Waals surface area contributed by atoms with Gasteiger partial charge >= 0.3 is 5.97 Å². The molecule has 122 valence electrons. The first-order valence-corrected chi connectivity index (χ1v) is 7.97. The normalized spacial score (nSPS) is 12.2. The average molecular weight is 307 g/mol. The van der Waals surface area contributed by atoms with Crippen LogP contribution in [0.5, 0.6) is 0 Å². The van der Waals surface area contributed by atoms with E-state index in [1.165, 1.54) is 24.3 Å². The number of nitro benzene ring substituents is 1. The number of hydrogen-bond acceptors (Lipinski definition) is 4. The molecule has 1 aromatic carbocycles. The van der Waals surface area contributed by atoms with Gasteiger partial charge in [0.05, 0.1) is 10.5 Å². The molecule has 0 heterocycles. The third-order valence-electron chi connectivity index (χ3n) is 4.09. The quantitative estimate of drug-likeness (QED) is 0.375. The summed E-state index contributed by atoms with van der Waals surface area (Å²) in [6.07, 6.45) is 4.88. The van der Waals surface area contributed by atoms with Gasteiger partial charge in [0.1, 0.15) is 6.10 Å². The topological polar surface area (TPSA) is 69.4 Å². The van der Waals surface area contributed by atoms with Crippen LogP contribution in [0.3, 0.4) is 0 Å². The monoisotopic (exact) mass is 307 g/mol. The summed E-state index contributed by atoms with van der Waals surface area (Å²) in [4.78, 5) is 22.2. The second-order valence-corrected chi connectivity index (χ2v) is 5.50. The number of nitrogens with zero attached hydrogens (tertiary/aromatic N) is 1. The van der Waals surface area contributed by atoms with Crippen LogP contribution in [0.2, 0.25) is 0 Å². The van der Waals surface area contributed by atoms with E-state index in [1.54, 1.807) is 0 Å². The summed E-state index contributed by atoms with van der Waals surface area (Å²) in [5, 5.41) is 10.6. The van der Waals surface area contributed by atoms with E-state index in [2.05, 4.69) is 13.8 Å². The Morgan fingerprint density at radius 2 is 1.68 bits per heavy atom. The predicted octanol–water partition coefficient (Wildman–Crippen LogP) is 4.75. The lowest BCUT2D eigenvalue weighted by atomic mass is 9.95. The minimum atomic E-state index is -0.487. The van der Waals surface area contributed by atoms with Gasteiger partial charge in [-0.2, -0.15) is 0 Å². The molecule has 0 amide bonds. The predicted molar refractivity (Wildman–Crippen MR) is 85.9 cm³/mol. The second kappa shape index (κ2) is 9.18. The lowest BCUT2D eigenvalue weighted by Crippen LogP contribution is -2.18. The molecule has 0 aliphatic rings. The maximum atomic E-state index is 12.1. The van der Waals surface area contributed by atoms with Crippen molar-refractivity contribution in [3.63, 3.8) is 0 Å². The van der Waals surface area contributed by atoms with Gasteiger partial charge < -0.3 is 4.74 Å². The van der Waals surface area contributed by atoms with Crippen LogP contribution in [0.25, 0.3) is 0 Å². The minimum Gasteiger partial charge on any atom is -0.459 e. The molecule has 0 bridgehead atoms. The lowest BCUT2D eigenvalue weighted by Gasteiger charge is -2.19. The molecule has 5 heteroatoms. The van der Waals surface area contributed by atoms with Crippen molar-refractivity contribution in [1.29, 1.82) is 0 Å². The van der Waals surface area contributed by atoms with Crippen molar-refractivity contribution in [3.05, 3.63) is 39.9 Å². The van der Waals surface area contributed by atoms with Crippen LogP contribution < -0.4 is 0 Å². The lowest BCUT2D eigenvalue weighted by molar-refractivity contribution is -0.384. The van der Waals surface area contributed by atoms with Crippen LogP contribution in [-0.4, -0.2) is 17.0 Å². The van der Waals surface area contributed by atoms with E-state index in [9.17, 15) is 14.9 Å². The standard InChI is InChI=1S/C17H25NO4/c1-4-13(5-2)7-12-16(6-3)22-17(19)14-8-10-15(11-9-14)18(20)21/h8-11,13,16H,4-7,12H2,1-3H3. The number of benzene rings is 1. The van der Waals surface area contributed by atoms with Gasteiger partial charge in [0, 0.05) is 12.1 Å². The molecular weight excluding hydrogens is 282 g/mol. The number of carbonyl (C=O) groups is 1. The highest BCUT2D eigenvalue weighted by atomic mass is 16.6. The molecule has 0 aliphatic carbocycles. The third-order valence-corrected chi connectivity index (χ3v) is 4.09. The Balaban J connectivity index is 2.58. The Bertz CT molecular complexity index is 480. The van der Waals surface area contributed by atoms with Gasteiger partial charge in [-0.15, -0.1) is 0 Å². The highest BCUT2D eigenvalue weighted by molar-refractivity contribution is 5.89. The van der Waals surface area contributed by atoms with E-state index in [0.29, 0.717) is 11.5 Å². The first-order valence-electron chi connectivity index (χ1n) is 7.97.